The molecule has 0 fully saturated rings. The van der Waals surface area contributed by atoms with Gasteiger partial charge in [-0.1, -0.05) is 31.2 Å². The van der Waals surface area contributed by atoms with E-state index in [1.54, 1.807) is 19.3 Å². The largest absolute Gasteiger partial charge is 0.495 e. The molecule has 0 spiro atoms. The van der Waals surface area contributed by atoms with E-state index >= 15 is 0 Å². The molecular weight excluding hydrogens is 172 g/mol. The SMILES string of the molecule is C#Cc1cc(C=C)c(C=C)cc1OC. The lowest BCUT2D eigenvalue weighted by Crippen LogP contribution is -1.91. The standard InChI is InChI=1S/C13H12O/c1-5-10-8-12(7-3)13(14-4)9-11(10)6-2/h3,5-6,8-9H,1-2H2,4H3. The average molecular weight is 184 g/mol. The van der Waals surface area contributed by atoms with Crippen LogP contribution in [0.1, 0.15) is 16.7 Å². The highest BCUT2D eigenvalue weighted by molar-refractivity contribution is 5.68. The molecule has 0 saturated heterocycles. The molecule has 14 heavy (non-hydrogen) atoms. The summed E-state index contributed by atoms with van der Waals surface area (Å²) in [5, 5.41) is 0. The van der Waals surface area contributed by atoms with Gasteiger partial charge >= 0.3 is 0 Å². The molecule has 0 amide bonds. The monoisotopic (exact) mass is 184 g/mol. The van der Waals surface area contributed by atoms with Gasteiger partial charge in [0.25, 0.3) is 0 Å². The lowest BCUT2D eigenvalue weighted by Gasteiger charge is -2.07. The molecule has 1 rings (SSSR count). The van der Waals surface area contributed by atoms with Crippen molar-refractivity contribution < 1.29 is 4.74 Å². The van der Waals surface area contributed by atoms with Gasteiger partial charge in [-0.3, -0.25) is 0 Å². The molecule has 0 aliphatic carbocycles. The zero-order valence-electron chi connectivity index (χ0n) is 8.21. The van der Waals surface area contributed by atoms with Crippen molar-refractivity contribution >= 4 is 12.2 Å². The summed E-state index contributed by atoms with van der Waals surface area (Å²) in [6.45, 7) is 7.43. The fourth-order valence-corrected chi connectivity index (χ4v) is 1.25. The Morgan fingerprint density at radius 3 is 2.29 bits per heavy atom. The summed E-state index contributed by atoms with van der Waals surface area (Å²) >= 11 is 0. The predicted octanol–water partition coefficient (Wildman–Crippen LogP) is 2.96. The van der Waals surface area contributed by atoms with E-state index in [4.69, 9.17) is 11.2 Å². The zero-order chi connectivity index (χ0) is 10.6. The molecule has 0 atom stereocenters. The van der Waals surface area contributed by atoms with Gasteiger partial charge in [0.05, 0.1) is 12.7 Å². The molecule has 0 bridgehead atoms. The number of ether oxygens (including phenoxy) is 1. The van der Waals surface area contributed by atoms with Crippen LogP contribution in [0.4, 0.5) is 0 Å². The summed E-state index contributed by atoms with van der Waals surface area (Å²) < 4.78 is 5.15. The second-order valence-electron chi connectivity index (χ2n) is 2.73. The molecular formula is C13H12O. The summed E-state index contributed by atoms with van der Waals surface area (Å²) in [5.74, 6) is 3.25. The van der Waals surface area contributed by atoms with Gasteiger partial charge in [-0.25, -0.2) is 0 Å². The maximum absolute atomic E-state index is 5.35. The molecule has 1 nitrogen and oxygen atoms in total. The smallest absolute Gasteiger partial charge is 0.135 e. The van der Waals surface area contributed by atoms with Crippen molar-refractivity contribution in [3.8, 4) is 18.1 Å². The normalized spacial score (nSPS) is 8.86. The molecule has 0 radical (unpaired) electrons. The zero-order valence-corrected chi connectivity index (χ0v) is 8.21. The fourth-order valence-electron chi connectivity index (χ4n) is 1.25. The van der Waals surface area contributed by atoms with Crippen molar-refractivity contribution in [2.75, 3.05) is 7.11 Å². The van der Waals surface area contributed by atoms with Crippen LogP contribution in [0.15, 0.2) is 25.3 Å². The quantitative estimate of drug-likeness (QED) is 0.656. The van der Waals surface area contributed by atoms with Crippen molar-refractivity contribution in [3.05, 3.63) is 42.0 Å². The third kappa shape index (κ3) is 1.70. The van der Waals surface area contributed by atoms with Gasteiger partial charge in [-0.15, -0.1) is 6.42 Å². The van der Waals surface area contributed by atoms with E-state index in [-0.39, 0.29) is 0 Å². The minimum Gasteiger partial charge on any atom is -0.495 e. The van der Waals surface area contributed by atoms with Gasteiger partial charge in [0.1, 0.15) is 5.75 Å². The summed E-state index contributed by atoms with van der Waals surface area (Å²) in [4.78, 5) is 0. The summed E-state index contributed by atoms with van der Waals surface area (Å²) in [6, 6.07) is 3.72. The first-order chi connectivity index (χ1) is 6.76. The average Bonchev–Trinajstić information content (AvgIpc) is 2.26. The number of hydrogen-bond donors (Lipinski definition) is 0. The molecule has 1 heteroatoms. The molecule has 1 aromatic rings. The van der Waals surface area contributed by atoms with E-state index in [1.807, 2.05) is 12.1 Å². The van der Waals surface area contributed by atoms with Crippen LogP contribution >= 0.6 is 0 Å². The van der Waals surface area contributed by atoms with Crippen molar-refractivity contribution in [1.82, 2.24) is 0 Å². The number of benzene rings is 1. The Hall–Kier alpha value is -1.94. The number of methoxy groups -OCH3 is 1. The van der Waals surface area contributed by atoms with Gasteiger partial charge < -0.3 is 4.74 Å². The van der Waals surface area contributed by atoms with Gasteiger partial charge in [-0.2, -0.15) is 0 Å². The molecule has 0 unspecified atom stereocenters. The van der Waals surface area contributed by atoms with E-state index in [9.17, 15) is 0 Å². The number of terminal acetylenes is 1. The van der Waals surface area contributed by atoms with Crippen molar-refractivity contribution in [2.24, 2.45) is 0 Å². The van der Waals surface area contributed by atoms with Crippen LogP contribution < -0.4 is 4.74 Å². The van der Waals surface area contributed by atoms with Gasteiger partial charge in [-0.05, 0) is 23.3 Å². The second kappa shape index (κ2) is 4.34. The summed E-state index contributed by atoms with van der Waals surface area (Å²) in [7, 11) is 1.59. The van der Waals surface area contributed by atoms with Crippen LogP contribution in [-0.4, -0.2) is 7.11 Å². The minimum absolute atomic E-state index is 0.688. The number of rotatable bonds is 3. The molecule has 0 aromatic heterocycles. The molecule has 0 saturated carbocycles. The van der Waals surface area contributed by atoms with Crippen LogP contribution in [0, 0.1) is 12.3 Å². The summed E-state index contributed by atoms with van der Waals surface area (Å²) in [5.41, 5.74) is 2.66. The van der Waals surface area contributed by atoms with E-state index in [0.29, 0.717) is 5.75 Å². The molecule has 1 aromatic carbocycles. The molecule has 0 aliphatic rings. The minimum atomic E-state index is 0.688. The van der Waals surface area contributed by atoms with E-state index in [1.165, 1.54) is 0 Å². The fraction of sp³-hybridized carbons (Fsp3) is 0.0769. The maximum atomic E-state index is 5.35. The molecule has 0 N–H and O–H groups in total. The highest BCUT2D eigenvalue weighted by Crippen LogP contribution is 2.24. The highest BCUT2D eigenvalue weighted by Gasteiger charge is 2.04. The van der Waals surface area contributed by atoms with Crippen LogP contribution in [0.5, 0.6) is 5.75 Å². The Bertz CT molecular complexity index is 408. The van der Waals surface area contributed by atoms with E-state index in [0.717, 1.165) is 16.7 Å². The van der Waals surface area contributed by atoms with E-state index < -0.39 is 0 Å². The number of hydrogen-bond acceptors (Lipinski definition) is 1. The van der Waals surface area contributed by atoms with E-state index in [2.05, 4.69) is 19.1 Å². The lowest BCUT2D eigenvalue weighted by molar-refractivity contribution is 0.413. The first kappa shape index (κ1) is 10.1. The summed E-state index contributed by atoms with van der Waals surface area (Å²) in [6.07, 6.45) is 8.85. The van der Waals surface area contributed by atoms with Gasteiger partial charge in [0, 0.05) is 0 Å². The Morgan fingerprint density at radius 1 is 1.29 bits per heavy atom. The van der Waals surface area contributed by atoms with Crippen molar-refractivity contribution in [1.29, 1.82) is 0 Å². The van der Waals surface area contributed by atoms with Crippen LogP contribution in [0.2, 0.25) is 0 Å². The second-order valence-corrected chi connectivity index (χ2v) is 2.73. The van der Waals surface area contributed by atoms with Crippen LogP contribution in [-0.2, 0) is 0 Å². The Labute approximate surface area is 84.7 Å². The molecule has 70 valence electrons. The Kier molecular flexibility index (Phi) is 3.14. The van der Waals surface area contributed by atoms with Crippen LogP contribution in [0.25, 0.3) is 12.2 Å². The van der Waals surface area contributed by atoms with Gasteiger partial charge in [0.15, 0.2) is 0 Å². The Morgan fingerprint density at radius 2 is 1.86 bits per heavy atom. The molecule has 0 heterocycles. The Balaban J connectivity index is 3.44. The predicted molar refractivity (Wildman–Crippen MR) is 61.1 cm³/mol. The first-order valence-corrected chi connectivity index (χ1v) is 4.20. The highest BCUT2D eigenvalue weighted by atomic mass is 16.5. The topological polar surface area (TPSA) is 9.23 Å². The third-order valence-corrected chi connectivity index (χ3v) is 2.00. The lowest BCUT2D eigenvalue weighted by atomic mass is 10.0. The van der Waals surface area contributed by atoms with Crippen LogP contribution in [0.3, 0.4) is 0 Å². The van der Waals surface area contributed by atoms with Gasteiger partial charge in [0.2, 0.25) is 0 Å². The first-order valence-electron chi connectivity index (χ1n) is 4.20. The molecule has 0 aliphatic heterocycles. The third-order valence-electron chi connectivity index (χ3n) is 2.00. The van der Waals surface area contributed by atoms with Crippen molar-refractivity contribution in [2.45, 2.75) is 0 Å². The van der Waals surface area contributed by atoms with Crippen molar-refractivity contribution in [3.63, 3.8) is 0 Å². The maximum Gasteiger partial charge on any atom is 0.135 e.